The molecule has 0 unspecified atom stereocenters. The lowest BCUT2D eigenvalue weighted by Crippen LogP contribution is -2.14. The topological polar surface area (TPSA) is 34.9 Å². The van der Waals surface area contributed by atoms with Crippen LogP contribution in [0.2, 0.25) is 0 Å². The second-order valence-electron chi connectivity index (χ2n) is 2.50. The predicted octanol–water partition coefficient (Wildman–Crippen LogP) is 1.41. The summed E-state index contributed by atoms with van der Waals surface area (Å²) >= 11 is 1.04. The predicted molar refractivity (Wildman–Crippen MR) is 46.0 cm³/mol. The van der Waals surface area contributed by atoms with E-state index in [9.17, 15) is 4.79 Å². The van der Waals surface area contributed by atoms with Crippen LogP contribution in [-0.4, -0.2) is 8.94 Å². The van der Waals surface area contributed by atoms with E-state index in [1.807, 2.05) is 6.92 Å². The van der Waals surface area contributed by atoms with Gasteiger partial charge in [0.05, 0.1) is 0 Å². The Morgan fingerprint density at radius 1 is 1.64 bits per heavy atom. The minimum absolute atomic E-state index is 0.0657. The monoisotopic (exact) mass is 172 g/mol. The van der Waals surface area contributed by atoms with Crippen LogP contribution in [0.4, 0.5) is 0 Å². The molecule has 3 nitrogen and oxygen atoms in total. The lowest BCUT2D eigenvalue weighted by atomic mass is 10.3. The Labute approximate surface area is 69.8 Å². The van der Waals surface area contributed by atoms with Crippen LogP contribution in [0.3, 0.4) is 0 Å². The van der Waals surface area contributed by atoms with E-state index in [0.29, 0.717) is 0 Å². The lowest BCUT2D eigenvalue weighted by molar-refractivity contribution is 0.604. The summed E-state index contributed by atoms with van der Waals surface area (Å²) in [6.45, 7) is 4.80. The van der Waals surface area contributed by atoms with Crippen LogP contribution < -0.4 is 4.87 Å². The van der Waals surface area contributed by atoms with E-state index in [1.165, 1.54) is 0 Å². The molecule has 11 heavy (non-hydrogen) atoms. The van der Waals surface area contributed by atoms with Gasteiger partial charge in [0.2, 0.25) is 0 Å². The quantitative estimate of drug-likeness (QED) is 0.691. The van der Waals surface area contributed by atoms with Gasteiger partial charge in [-0.15, -0.1) is 0 Å². The van der Waals surface area contributed by atoms with Crippen molar-refractivity contribution in [3.8, 4) is 0 Å². The van der Waals surface area contributed by atoms with E-state index >= 15 is 0 Å². The van der Waals surface area contributed by atoms with Gasteiger partial charge < -0.3 is 0 Å². The largest absolute Gasteiger partial charge is 0.326 e. The highest BCUT2D eigenvalue weighted by Crippen LogP contribution is 1.96. The van der Waals surface area contributed by atoms with Crippen molar-refractivity contribution in [1.82, 2.24) is 8.94 Å². The van der Waals surface area contributed by atoms with Gasteiger partial charge in [-0.2, -0.15) is 4.37 Å². The molecule has 0 aliphatic heterocycles. The first-order valence-electron chi connectivity index (χ1n) is 3.78. The van der Waals surface area contributed by atoms with Crippen molar-refractivity contribution in [3.05, 3.63) is 15.5 Å². The molecule has 0 aromatic carbocycles. The van der Waals surface area contributed by atoms with Crippen LogP contribution in [0, 0.1) is 6.92 Å². The Hall–Kier alpha value is -0.640. The highest BCUT2D eigenvalue weighted by molar-refractivity contribution is 7.02. The van der Waals surface area contributed by atoms with E-state index in [1.54, 1.807) is 4.57 Å². The van der Waals surface area contributed by atoms with Gasteiger partial charge in [0.15, 0.2) is 0 Å². The molecule has 0 aliphatic carbocycles. The molecule has 0 aliphatic rings. The van der Waals surface area contributed by atoms with Gasteiger partial charge in [0, 0.05) is 18.1 Å². The first kappa shape index (κ1) is 8.46. The summed E-state index contributed by atoms with van der Waals surface area (Å²) in [5.41, 5.74) is 0. The number of hydrogen-bond acceptors (Lipinski definition) is 3. The summed E-state index contributed by atoms with van der Waals surface area (Å²) in [6, 6.07) is 0. The van der Waals surface area contributed by atoms with Crippen LogP contribution in [0.15, 0.2) is 4.79 Å². The summed E-state index contributed by atoms with van der Waals surface area (Å²) in [6.07, 6.45) is 2.17. The van der Waals surface area contributed by atoms with Crippen molar-refractivity contribution >= 4 is 11.5 Å². The molecule has 0 radical (unpaired) electrons. The van der Waals surface area contributed by atoms with Crippen molar-refractivity contribution in [1.29, 1.82) is 0 Å². The van der Waals surface area contributed by atoms with Crippen molar-refractivity contribution in [2.45, 2.75) is 33.2 Å². The Balaban J connectivity index is 2.75. The maximum atomic E-state index is 11.1. The first-order chi connectivity index (χ1) is 5.25. The molecule has 0 atom stereocenters. The summed E-state index contributed by atoms with van der Waals surface area (Å²) in [5, 5.41) is 0. The summed E-state index contributed by atoms with van der Waals surface area (Å²) in [4.78, 5) is 11.1. The number of aryl methyl sites for hydroxylation is 1. The molecular weight excluding hydrogens is 160 g/mol. The number of rotatable bonds is 3. The van der Waals surface area contributed by atoms with Gasteiger partial charge in [-0.1, -0.05) is 13.3 Å². The molecule has 0 N–H and O–H groups in total. The highest BCUT2D eigenvalue weighted by Gasteiger charge is 2.01. The van der Waals surface area contributed by atoms with Crippen LogP contribution in [0.25, 0.3) is 0 Å². The van der Waals surface area contributed by atoms with Gasteiger partial charge in [-0.3, -0.25) is 9.36 Å². The lowest BCUT2D eigenvalue weighted by Gasteiger charge is -1.99. The van der Waals surface area contributed by atoms with Gasteiger partial charge in [-0.25, -0.2) is 0 Å². The molecule has 1 heterocycles. The molecule has 0 amide bonds. The molecule has 0 saturated carbocycles. The Morgan fingerprint density at radius 2 is 2.36 bits per heavy atom. The first-order valence-corrected chi connectivity index (χ1v) is 4.56. The van der Waals surface area contributed by atoms with Gasteiger partial charge >= 0.3 is 4.87 Å². The molecule has 1 aromatic heterocycles. The zero-order valence-corrected chi connectivity index (χ0v) is 7.65. The fourth-order valence-electron chi connectivity index (χ4n) is 0.905. The van der Waals surface area contributed by atoms with Crippen molar-refractivity contribution in [2.24, 2.45) is 0 Å². The zero-order valence-electron chi connectivity index (χ0n) is 6.83. The Morgan fingerprint density at radius 3 is 2.82 bits per heavy atom. The second-order valence-corrected chi connectivity index (χ2v) is 3.22. The van der Waals surface area contributed by atoms with Crippen LogP contribution >= 0.6 is 11.5 Å². The van der Waals surface area contributed by atoms with Crippen molar-refractivity contribution in [3.63, 3.8) is 0 Å². The third kappa shape index (κ3) is 1.89. The molecule has 4 heteroatoms. The standard InChI is InChI=1S/C7H12N2OS/c1-3-4-5-9-6(2)8-11-7(9)10/h3-5H2,1-2H3. The average Bonchev–Trinajstić information content (AvgIpc) is 2.29. The summed E-state index contributed by atoms with van der Waals surface area (Å²) in [5.74, 6) is 0.841. The fourth-order valence-corrected chi connectivity index (χ4v) is 1.54. The van der Waals surface area contributed by atoms with E-state index < -0.39 is 0 Å². The van der Waals surface area contributed by atoms with E-state index in [4.69, 9.17) is 0 Å². The maximum absolute atomic E-state index is 11.1. The SMILES string of the molecule is CCCCn1c(C)nsc1=O. The summed E-state index contributed by atoms with van der Waals surface area (Å²) in [7, 11) is 0. The molecular formula is C7H12N2OS. The van der Waals surface area contributed by atoms with E-state index in [2.05, 4.69) is 11.3 Å². The Kier molecular flexibility index (Phi) is 2.82. The molecule has 0 bridgehead atoms. The van der Waals surface area contributed by atoms with Crippen LogP contribution in [0.5, 0.6) is 0 Å². The number of aromatic nitrogens is 2. The van der Waals surface area contributed by atoms with Crippen molar-refractivity contribution in [2.75, 3.05) is 0 Å². The zero-order chi connectivity index (χ0) is 8.27. The average molecular weight is 172 g/mol. The Bertz CT molecular complexity index is 276. The van der Waals surface area contributed by atoms with E-state index in [0.717, 1.165) is 36.7 Å². The summed E-state index contributed by atoms with van der Waals surface area (Å²) < 4.78 is 5.69. The molecule has 0 saturated heterocycles. The third-order valence-electron chi connectivity index (χ3n) is 1.60. The van der Waals surface area contributed by atoms with E-state index in [-0.39, 0.29) is 4.87 Å². The molecule has 0 fully saturated rings. The number of unbranched alkanes of at least 4 members (excludes halogenated alkanes) is 1. The number of nitrogens with zero attached hydrogens (tertiary/aromatic N) is 2. The number of hydrogen-bond donors (Lipinski definition) is 0. The minimum atomic E-state index is 0.0657. The smallest absolute Gasteiger partial charge is 0.286 e. The molecule has 1 aromatic rings. The third-order valence-corrected chi connectivity index (χ3v) is 2.33. The van der Waals surface area contributed by atoms with Crippen LogP contribution in [0.1, 0.15) is 25.6 Å². The molecule has 1 rings (SSSR count). The van der Waals surface area contributed by atoms with Crippen LogP contribution in [-0.2, 0) is 6.54 Å². The fraction of sp³-hybridized carbons (Fsp3) is 0.714. The maximum Gasteiger partial charge on any atom is 0.326 e. The second kappa shape index (κ2) is 3.67. The molecule has 62 valence electrons. The van der Waals surface area contributed by atoms with Crippen molar-refractivity contribution < 1.29 is 0 Å². The highest BCUT2D eigenvalue weighted by atomic mass is 32.1. The normalized spacial score (nSPS) is 10.4. The van der Waals surface area contributed by atoms with Gasteiger partial charge in [0.1, 0.15) is 5.82 Å². The van der Waals surface area contributed by atoms with Gasteiger partial charge in [0.25, 0.3) is 0 Å². The van der Waals surface area contributed by atoms with Gasteiger partial charge in [-0.05, 0) is 13.3 Å². The molecule has 0 spiro atoms. The minimum Gasteiger partial charge on any atom is -0.286 e.